The minimum Gasteiger partial charge on any atom is -0.308 e. The van der Waals surface area contributed by atoms with Gasteiger partial charge >= 0.3 is 6.03 Å². The van der Waals surface area contributed by atoms with Crippen molar-refractivity contribution in [2.45, 2.75) is 19.8 Å². The van der Waals surface area contributed by atoms with Crippen molar-refractivity contribution in [3.05, 3.63) is 47.3 Å². The van der Waals surface area contributed by atoms with Gasteiger partial charge in [-0.3, -0.25) is 5.32 Å². The highest BCUT2D eigenvalue weighted by atomic mass is 32.1. The van der Waals surface area contributed by atoms with Crippen LogP contribution < -0.4 is 10.6 Å². The number of rotatable bonds is 3. The number of nitrogens with one attached hydrogen (secondary N) is 2. The first-order chi connectivity index (χ1) is 8.65. The van der Waals surface area contributed by atoms with Crippen LogP contribution in [0.25, 0.3) is 0 Å². The number of urea groups is 1. The molecule has 1 aromatic heterocycles. The molecule has 2 rings (SSSR count). The number of anilines is 2. The van der Waals surface area contributed by atoms with E-state index in [1.807, 2.05) is 41.8 Å². The second-order valence-corrected chi connectivity index (χ2v) is 5.28. The summed E-state index contributed by atoms with van der Waals surface area (Å²) in [5.41, 5.74) is 2.06. The SMILES string of the molecule is CC(C)c1ccc(NC(=O)Nc2cccs2)cc1. The first-order valence-corrected chi connectivity index (χ1v) is 6.74. The quantitative estimate of drug-likeness (QED) is 0.837. The standard InChI is InChI=1S/C14H16N2OS/c1-10(2)11-5-7-12(8-6-11)15-14(17)16-13-4-3-9-18-13/h3-10H,1-2H3,(H2,15,16,17). The zero-order chi connectivity index (χ0) is 13.0. The number of hydrogen-bond acceptors (Lipinski definition) is 2. The molecule has 2 N–H and O–H groups in total. The van der Waals surface area contributed by atoms with Crippen LogP contribution >= 0.6 is 11.3 Å². The fourth-order valence-electron chi connectivity index (χ4n) is 1.58. The Morgan fingerprint density at radius 1 is 1.11 bits per heavy atom. The maximum absolute atomic E-state index is 11.7. The van der Waals surface area contributed by atoms with E-state index in [4.69, 9.17) is 0 Å². The van der Waals surface area contributed by atoms with E-state index in [2.05, 4.69) is 24.5 Å². The number of carbonyl (C=O) groups is 1. The molecule has 3 nitrogen and oxygen atoms in total. The summed E-state index contributed by atoms with van der Waals surface area (Å²) in [5, 5.41) is 8.34. The fraction of sp³-hybridized carbons (Fsp3) is 0.214. The summed E-state index contributed by atoms with van der Waals surface area (Å²) in [7, 11) is 0. The molecule has 0 bridgehead atoms. The van der Waals surface area contributed by atoms with Gasteiger partial charge in [0.2, 0.25) is 0 Å². The number of hydrogen-bond donors (Lipinski definition) is 2. The third-order valence-corrected chi connectivity index (χ3v) is 3.38. The summed E-state index contributed by atoms with van der Waals surface area (Å²) < 4.78 is 0. The molecular weight excluding hydrogens is 244 g/mol. The Labute approximate surface area is 111 Å². The van der Waals surface area contributed by atoms with Gasteiger partial charge in [0.25, 0.3) is 0 Å². The van der Waals surface area contributed by atoms with Crippen molar-refractivity contribution in [2.75, 3.05) is 10.6 Å². The predicted octanol–water partition coefficient (Wildman–Crippen LogP) is 4.52. The van der Waals surface area contributed by atoms with Crippen molar-refractivity contribution >= 4 is 28.1 Å². The zero-order valence-electron chi connectivity index (χ0n) is 10.4. The molecule has 0 aliphatic heterocycles. The molecule has 1 heterocycles. The van der Waals surface area contributed by atoms with Crippen molar-refractivity contribution in [1.82, 2.24) is 0 Å². The highest BCUT2D eigenvalue weighted by Gasteiger charge is 2.04. The number of carbonyl (C=O) groups excluding carboxylic acids is 1. The average Bonchev–Trinajstić information content (AvgIpc) is 2.82. The monoisotopic (exact) mass is 260 g/mol. The van der Waals surface area contributed by atoms with Crippen LogP contribution in [-0.4, -0.2) is 6.03 Å². The molecule has 0 aliphatic rings. The van der Waals surface area contributed by atoms with Crippen LogP contribution in [-0.2, 0) is 0 Å². The van der Waals surface area contributed by atoms with Crippen LogP contribution in [0.4, 0.5) is 15.5 Å². The van der Waals surface area contributed by atoms with Gasteiger partial charge in [-0.15, -0.1) is 11.3 Å². The van der Waals surface area contributed by atoms with E-state index in [-0.39, 0.29) is 6.03 Å². The Balaban J connectivity index is 1.95. The Morgan fingerprint density at radius 3 is 2.39 bits per heavy atom. The third-order valence-electron chi connectivity index (χ3n) is 2.59. The van der Waals surface area contributed by atoms with Crippen LogP contribution in [0.2, 0.25) is 0 Å². The van der Waals surface area contributed by atoms with Gasteiger partial charge in [0.15, 0.2) is 0 Å². The molecule has 0 atom stereocenters. The summed E-state index contributed by atoms with van der Waals surface area (Å²) in [6.45, 7) is 4.29. The van der Waals surface area contributed by atoms with Crippen molar-refractivity contribution < 1.29 is 4.79 Å². The third kappa shape index (κ3) is 3.34. The van der Waals surface area contributed by atoms with E-state index in [1.165, 1.54) is 16.9 Å². The van der Waals surface area contributed by atoms with E-state index < -0.39 is 0 Å². The first kappa shape index (κ1) is 12.6. The maximum atomic E-state index is 11.7. The molecule has 0 fully saturated rings. The second-order valence-electron chi connectivity index (χ2n) is 4.33. The molecule has 0 radical (unpaired) electrons. The van der Waals surface area contributed by atoms with Crippen LogP contribution in [0, 0.1) is 0 Å². The van der Waals surface area contributed by atoms with Gasteiger partial charge in [0.05, 0.1) is 5.00 Å². The lowest BCUT2D eigenvalue weighted by molar-refractivity contribution is 0.262. The van der Waals surface area contributed by atoms with Crippen LogP contribution in [0.5, 0.6) is 0 Å². The van der Waals surface area contributed by atoms with Crippen LogP contribution in [0.1, 0.15) is 25.3 Å². The molecule has 0 saturated carbocycles. The first-order valence-electron chi connectivity index (χ1n) is 5.86. The normalized spacial score (nSPS) is 10.4. The Bertz CT molecular complexity index is 503. The Hall–Kier alpha value is -1.81. The smallest absolute Gasteiger partial charge is 0.308 e. The van der Waals surface area contributed by atoms with Gasteiger partial charge in [-0.05, 0) is 41.1 Å². The lowest BCUT2D eigenvalue weighted by Crippen LogP contribution is -2.18. The van der Waals surface area contributed by atoms with E-state index >= 15 is 0 Å². The molecule has 18 heavy (non-hydrogen) atoms. The molecule has 0 aliphatic carbocycles. The number of thiophene rings is 1. The molecule has 1 aromatic carbocycles. The molecule has 4 heteroatoms. The van der Waals surface area contributed by atoms with E-state index in [9.17, 15) is 4.79 Å². The van der Waals surface area contributed by atoms with E-state index in [0.717, 1.165) is 10.7 Å². The average molecular weight is 260 g/mol. The van der Waals surface area contributed by atoms with Gasteiger partial charge < -0.3 is 5.32 Å². The number of benzene rings is 1. The van der Waals surface area contributed by atoms with Gasteiger partial charge in [-0.2, -0.15) is 0 Å². The van der Waals surface area contributed by atoms with Crippen LogP contribution in [0.15, 0.2) is 41.8 Å². The van der Waals surface area contributed by atoms with Gasteiger partial charge in [-0.25, -0.2) is 4.79 Å². The summed E-state index contributed by atoms with van der Waals surface area (Å²) >= 11 is 1.50. The maximum Gasteiger partial charge on any atom is 0.324 e. The summed E-state index contributed by atoms with van der Waals surface area (Å²) in [4.78, 5) is 11.7. The molecule has 2 amide bonds. The van der Waals surface area contributed by atoms with Gasteiger partial charge in [-0.1, -0.05) is 26.0 Å². The highest BCUT2D eigenvalue weighted by Crippen LogP contribution is 2.18. The van der Waals surface area contributed by atoms with Crippen LogP contribution in [0.3, 0.4) is 0 Å². The fourth-order valence-corrected chi connectivity index (χ4v) is 2.19. The van der Waals surface area contributed by atoms with Gasteiger partial charge in [0, 0.05) is 5.69 Å². The molecule has 0 spiro atoms. The van der Waals surface area contributed by atoms with E-state index in [0.29, 0.717) is 5.92 Å². The highest BCUT2D eigenvalue weighted by molar-refractivity contribution is 7.14. The lowest BCUT2D eigenvalue weighted by atomic mass is 10.0. The number of amides is 2. The zero-order valence-corrected chi connectivity index (χ0v) is 11.3. The molecule has 0 unspecified atom stereocenters. The van der Waals surface area contributed by atoms with Gasteiger partial charge in [0.1, 0.15) is 0 Å². The topological polar surface area (TPSA) is 41.1 Å². The summed E-state index contributed by atoms with van der Waals surface area (Å²) in [6, 6.07) is 11.5. The molecular formula is C14H16N2OS. The predicted molar refractivity (Wildman–Crippen MR) is 77.5 cm³/mol. The Kier molecular flexibility index (Phi) is 3.99. The van der Waals surface area contributed by atoms with Crippen molar-refractivity contribution in [3.63, 3.8) is 0 Å². The summed E-state index contributed by atoms with van der Waals surface area (Å²) in [5.74, 6) is 0.499. The lowest BCUT2D eigenvalue weighted by Gasteiger charge is -2.08. The van der Waals surface area contributed by atoms with E-state index in [1.54, 1.807) is 0 Å². The van der Waals surface area contributed by atoms with Crippen molar-refractivity contribution in [2.24, 2.45) is 0 Å². The minimum atomic E-state index is -0.213. The second kappa shape index (κ2) is 5.69. The molecule has 94 valence electrons. The largest absolute Gasteiger partial charge is 0.324 e. The minimum absolute atomic E-state index is 0.213. The summed E-state index contributed by atoms with van der Waals surface area (Å²) in [6.07, 6.45) is 0. The van der Waals surface area contributed by atoms with Crippen molar-refractivity contribution in [3.8, 4) is 0 Å². The Morgan fingerprint density at radius 2 is 1.83 bits per heavy atom. The molecule has 2 aromatic rings. The van der Waals surface area contributed by atoms with Crippen molar-refractivity contribution in [1.29, 1.82) is 0 Å². The molecule has 0 saturated heterocycles.